The third-order valence-electron chi connectivity index (χ3n) is 3.42. The van der Waals surface area contributed by atoms with Gasteiger partial charge in [0, 0.05) is 12.6 Å². The first kappa shape index (κ1) is 12.2. The van der Waals surface area contributed by atoms with Gasteiger partial charge in [0.2, 0.25) is 0 Å². The number of nitrogens with two attached hydrogens (primary N) is 1. The van der Waals surface area contributed by atoms with Crippen molar-refractivity contribution in [1.82, 2.24) is 14.9 Å². The molecular formula is C14H18N4O. The van der Waals surface area contributed by atoms with Crippen LogP contribution in [0.2, 0.25) is 0 Å². The molecule has 1 aliphatic carbocycles. The molecule has 2 N–H and O–H groups in total. The fourth-order valence-corrected chi connectivity index (χ4v) is 2.09. The minimum atomic E-state index is 0.354. The number of aromatic nitrogens is 2. The Morgan fingerprint density at radius 3 is 2.63 bits per heavy atom. The summed E-state index contributed by atoms with van der Waals surface area (Å²) >= 11 is 0. The predicted molar refractivity (Wildman–Crippen MR) is 75.1 cm³/mol. The lowest BCUT2D eigenvalue weighted by atomic mass is 10.3. The van der Waals surface area contributed by atoms with Gasteiger partial charge in [-0.05, 0) is 32.0 Å². The van der Waals surface area contributed by atoms with E-state index in [2.05, 4.69) is 21.9 Å². The average molecular weight is 258 g/mol. The van der Waals surface area contributed by atoms with Crippen molar-refractivity contribution >= 4 is 16.9 Å². The van der Waals surface area contributed by atoms with Gasteiger partial charge in [0.15, 0.2) is 5.82 Å². The number of rotatable bonds is 5. The van der Waals surface area contributed by atoms with E-state index in [0.29, 0.717) is 18.3 Å². The Kier molecular flexibility index (Phi) is 3.21. The number of anilines is 1. The number of fused-ring (bicyclic) bond motifs is 1. The molecule has 0 spiro atoms. The minimum Gasteiger partial charge on any atom is -0.474 e. The Hall–Kier alpha value is -1.88. The molecule has 1 aromatic carbocycles. The van der Waals surface area contributed by atoms with Gasteiger partial charge >= 0.3 is 0 Å². The quantitative estimate of drug-likeness (QED) is 0.884. The fourth-order valence-electron chi connectivity index (χ4n) is 2.09. The Balaban J connectivity index is 1.67. The molecule has 1 aliphatic rings. The highest BCUT2D eigenvalue weighted by Crippen LogP contribution is 2.25. The minimum absolute atomic E-state index is 0.354. The van der Waals surface area contributed by atoms with E-state index in [9.17, 15) is 0 Å². The summed E-state index contributed by atoms with van der Waals surface area (Å²) in [7, 11) is 2.12. The molecule has 0 atom stereocenters. The first-order valence-corrected chi connectivity index (χ1v) is 6.59. The van der Waals surface area contributed by atoms with E-state index in [4.69, 9.17) is 10.5 Å². The SMILES string of the molecule is CN(CCOc1nc2ccccc2nc1N)C1CC1. The lowest BCUT2D eigenvalue weighted by Crippen LogP contribution is -2.26. The fraction of sp³-hybridized carbons (Fsp3) is 0.429. The van der Waals surface area contributed by atoms with Crippen LogP contribution in [0.15, 0.2) is 24.3 Å². The number of hydrogen-bond donors (Lipinski definition) is 1. The van der Waals surface area contributed by atoms with E-state index in [0.717, 1.165) is 23.6 Å². The van der Waals surface area contributed by atoms with Crippen LogP contribution < -0.4 is 10.5 Å². The van der Waals surface area contributed by atoms with Crippen LogP contribution in [0.5, 0.6) is 5.88 Å². The van der Waals surface area contributed by atoms with Crippen molar-refractivity contribution in [2.24, 2.45) is 0 Å². The number of likely N-dealkylation sites (N-methyl/N-ethyl adjacent to an activating group) is 1. The van der Waals surface area contributed by atoms with Crippen LogP contribution in [0, 0.1) is 0 Å². The van der Waals surface area contributed by atoms with Gasteiger partial charge in [0.25, 0.3) is 5.88 Å². The van der Waals surface area contributed by atoms with E-state index in [-0.39, 0.29) is 0 Å². The second-order valence-electron chi connectivity index (χ2n) is 4.96. The molecule has 1 aromatic heterocycles. The lowest BCUT2D eigenvalue weighted by molar-refractivity contribution is 0.227. The Morgan fingerprint density at radius 2 is 1.95 bits per heavy atom. The summed E-state index contributed by atoms with van der Waals surface area (Å²) in [4.78, 5) is 11.0. The van der Waals surface area contributed by atoms with E-state index in [1.54, 1.807) is 0 Å². The zero-order valence-electron chi connectivity index (χ0n) is 11.0. The summed E-state index contributed by atoms with van der Waals surface area (Å²) in [6.07, 6.45) is 2.60. The summed E-state index contributed by atoms with van der Waals surface area (Å²) < 4.78 is 5.65. The summed E-state index contributed by atoms with van der Waals surface area (Å²) in [5.41, 5.74) is 7.47. The number of para-hydroxylation sites is 2. The van der Waals surface area contributed by atoms with E-state index >= 15 is 0 Å². The van der Waals surface area contributed by atoms with Gasteiger partial charge in [-0.2, -0.15) is 0 Å². The third-order valence-corrected chi connectivity index (χ3v) is 3.42. The number of benzene rings is 1. The van der Waals surface area contributed by atoms with Gasteiger partial charge < -0.3 is 15.4 Å². The van der Waals surface area contributed by atoms with Crippen LogP contribution in [0.1, 0.15) is 12.8 Å². The van der Waals surface area contributed by atoms with Crippen molar-refractivity contribution in [3.63, 3.8) is 0 Å². The predicted octanol–water partition coefficient (Wildman–Crippen LogP) is 1.68. The maximum Gasteiger partial charge on any atom is 0.257 e. The molecule has 0 saturated heterocycles. The van der Waals surface area contributed by atoms with Crippen molar-refractivity contribution in [1.29, 1.82) is 0 Å². The zero-order valence-corrected chi connectivity index (χ0v) is 11.0. The normalized spacial score (nSPS) is 15.1. The maximum atomic E-state index is 5.86. The molecule has 1 heterocycles. The van der Waals surface area contributed by atoms with Crippen molar-refractivity contribution in [3.8, 4) is 5.88 Å². The van der Waals surface area contributed by atoms with E-state index in [1.165, 1.54) is 12.8 Å². The topological polar surface area (TPSA) is 64.3 Å². The lowest BCUT2D eigenvalue weighted by Gasteiger charge is -2.16. The number of nitrogen functional groups attached to an aromatic ring is 1. The van der Waals surface area contributed by atoms with E-state index in [1.807, 2.05) is 24.3 Å². The molecule has 0 bridgehead atoms. The molecule has 5 nitrogen and oxygen atoms in total. The van der Waals surface area contributed by atoms with Gasteiger partial charge in [-0.15, -0.1) is 0 Å². The highest BCUT2D eigenvalue weighted by Gasteiger charge is 2.25. The van der Waals surface area contributed by atoms with E-state index < -0.39 is 0 Å². The summed E-state index contributed by atoms with van der Waals surface area (Å²) in [6.45, 7) is 1.48. The highest BCUT2D eigenvalue weighted by atomic mass is 16.5. The molecule has 0 aliphatic heterocycles. The largest absolute Gasteiger partial charge is 0.474 e. The zero-order chi connectivity index (χ0) is 13.2. The summed E-state index contributed by atoms with van der Waals surface area (Å²) in [5.74, 6) is 0.788. The molecule has 1 fully saturated rings. The van der Waals surface area contributed by atoms with Gasteiger partial charge in [-0.25, -0.2) is 9.97 Å². The molecule has 2 aromatic rings. The van der Waals surface area contributed by atoms with Crippen molar-refractivity contribution in [2.75, 3.05) is 25.9 Å². The Labute approximate surface area is 112 Å². The first-order chi connectivity index (χ1) is 9.24. The Morgan fingerprint density at radius 1 is 1.26 bits per heavy atom. The standard InChI is InChI=1S/C14H18N4O/c1-18(10-6-7-10)8-9-19-14-13(15)16-11-4-2-3-5-12(11)17-14/h2-5,10H,6-9H2,1H3,(H2,15,16). The maximum absolute atomic E-state index is 5.86. The molecule has 0 radical (unpaired) electrons. The second-order valence-corrected chi connectivity index (χ2v) is 4.96. The molecule has 0 unspecified atom stereocenters. The van der Waals surface area contributed by atoms with Crippen LogP contribution in [-0.2, 0) is 0 Å². The molecule has 5 heteroatoms. The van der Waals surface area contributed by atoms with Crippen LogP contribution in [0.3, 0.4) is 0 Å². The monoisotopic (exact) mass is 258 g/mol. The average Bonchev–Trinajstić information content (AvgIpc) is 3.23. The van der Waals surface area contributed by atoms with Crippen LogP contribution >= 0.6 is 0 Å². The second kappa shape index (κ2) is 5.01. The molecule has 3 rings (SSSR count). The summed E-state index contributed by atoms with van der Waals surface area (Å²) in [6, 6.07) is 8.39. The number of nitrogens with zero attached hydrogens (tertiary/aromatic N) is 3. The van der Waals surface area contributed by atoms with Crippen molar-refractivity contribution in [3.05, 3.63) is 24.3 Å². The summed E-state index contributed by atoms with van der Waals surface area (Å²) in [5, 5.41) is 0. The molecule has 100 valence electrons. The molecular weight excluding hydrogens is 240 g/mol. The van der Waals surface area contributed by atoms with Crippen LogP contribution in [-0.4, -0.2) is 41.1 Å². The highest BCUT2D eigenvalue weighted by molar-refractivity contribution is 5.76. The first-order valence-electron chi connectivity index (χ1n) is 6.59. The van der Waals surface area contributed by atoms with Crippen molar-refractivity contribution in [2.45, 2.75) is 18.9 Å². The Bertz CT molecular complexity index is 583. The van der Waals surface area contributed by atoms with Gasteiger partial charge in [0.1, 0.15) is 6.61 Å². The smallest absolute Gasteiger partial charge is 0.257 e. The van der Waals surface area contributed by atoms with Gasteiger partial charge in [0.05, 0.1) is 11.0 Å². The number of hydrogen-bond acceptors (Lipinski definition) is 5. The van der Waals surface area contributed by atoms with Crippen LogP contribution in [0.25, 0.3) is 11.0 Å². The molecule has 19 heavy (non-hydrogen) atoms. The number of ether oxygens (including phenoxy) is 1. The molecule has 1 saturated carbocycles. The van der Waals surface area contributed by atoms with Crippen molar-refractivity contribution < 1.29 is 4.74 Å². The van der Waals surface area contributed by atoms with Gasteiger partial charge in [-0.3, -0.25) is 0 Å². The third kappa shape index (κ3) is 2.76. The van der Waals surface area contributed by atoms with Gasteiger partial charge in [-0.1, -0.05) is 12.1 Å². The molecule has 0 amide bonds. The van der Waals surface area contributed by atoms with Crippen LogP contribution in [0.4, 0.5) is 5.82 Å².